The van der Waals surface area contributed by atoms with Crippen molar-refractivity contribution in [3.05, 3.63) is 72.6 Å². The lowest BCUT2D eigenvalue weighted by atomic mass is 9.98. The van der Waals surface area contributed by atoms with E-state index in [1.807, 2.05) is 30.3 Å². The highest BCUT2D eigenvalue weighted by atomic mass is 16.5. The molecule has 0 aliphatic carbocycles. The van der Waals surface area contributed by atoms with Gasteiger partial charge in [-0.2, -0.15) is 10.5 Å². The van der Waals surface area contributed by atoms with Gasteiger partial charge in [0.2, 0.25) is 0 Å². The first kappa shape index (κ1) is 18.5. The topological polar surface area (TPSA) is 78.9 Å². The summed E-state index contributed by atoms with van der Waals surface area (Å²) in [7, 11) is 3.17. The van der Waals surface area contributed by atoms with Crippen LogP contribution in [0.25, 0.3) is 5.57 Å². The largest absolute Gasteiger partial charge is 0.493 e. The Morgan fingerprint density at radius 2 is 1.62 bits per heavy atom. The Morgan fingerprint density at radius 1 is 1.00 bits per heavy atom. The average molecular weight is 319 g/mol. The number of hydrogen-bond acceptors (Lipinski definition) is 5. The van der Waals surface area contributed by atoms with Crippen LogP contribution in [0.15, 0.2) is 61.5 Å². The van der Waals surface area contributed by atoms with Gasteiger partial charge in [-0.25, -0.2) is 0 Å². The summed E-state index contributed by atoms with van der Waals surface area (Å²) in [6.07, 6.45) is 6.08. The van der Waals surface area contributed by atoms with Gasteiger partial charge in [0.25, 0.3) is 0 Å². The van der Waals surface area contributed by atoms with Crippen molar-refractivity contribution in [2.45, 2.75) is 0 Å². The molecule has 0 amide bonds. The number of nitriles is 2. The highest BCUT2D eigenvalue weighted by Gasteiger charge is 2.09. The Bertz CT molecular complexity index is 784. The summed E-state index contributed by atoms with van der Waals surface area (Å²) in [4.78, 5) is 3.99. The summed E-state index contributed by atoms with van der Waals surface area (Å²) >= 11 is 0. The second kappa shape index (κ2) is 10.2. The second-order valence-electron chi connectivity index (χ2n) is 4.33. The molecule has 1 heterocycles. The fourth-order valence-corrected chi connectivity index (χ4v) is 1.93. The van der Waals surface area contributed by atoms with Crippen LogP contribution in [0, 0.1) is 22.7 Å². The van der Waals surface area contributed by atoms with Crippen LogP contribution in [-0.4, -0.2) is 19.2 Å². The van der Waals surface area contributed by atoms with Crippen molar-refractivity contribution < 1.29 is 9.47 Å². The Labute approximate surface area is 141 Å². The first-order valence-corrected chi connectivity index (χ1v) is 6.94. The first-order chi connectivity index (χ1) is 11.7. The lowest BCUT2D eigenvalue weighted by Gasteiger charge is -2.11. The maximum Gasteiger partial charge on any atom is 0.161 e. The predicted molar refractivity (Wildman–Crippen MR) is 92.3 cm³/mol. The fourth-order valence-electron chi connectivity index (χ4n) is 1.93. The number of allylic oxidation sites excluding steroid dienone is 2. The number of methoxy groups -OCH3 is 2. The molecule has 0 spiro atoms. The Kier molecular flexibility index (Phi) is 7.86. The monoisotopic (exact) mass is 319 g/mol. The molecule has 0 fully saturated rings. The molecule has 0 saturated heterocycles. The first-order valence-electron chi connectivity index (χ1n) is 6.94. The van der Waals surface area contributed by atoms with Crippen LogP contribution < -0.4 is 9.47 Å². The van der Waals surface area contributed by atoms with Crippen molar-refractivity contribution in [1.82, 2.24) is 4.98 Å². The Morgan fingerprint density at radius 3 is 2.12 bits per heavy atom. The van der Waals surface area contributed by atoms with Crippen LogP contribution in [0.4, 0.5) is 0 Å². The van der Waals surface area contributed by atoms with Gasteiger partial charge < -0.3 is 9.47 Å². The molecule has 120 valence electrons. The molecule has 0 N–H and O–H groups in total. The third kappa shape index (κ3) is 5.01. The molecule has 0 atom stereocenters. The molecule has 1 aromatic carbocycles. The van der Waals surface area contributed by atoms with E-state index in [1.54, 1.807) is 32.7 Å². The second-order valence-corrected chi connectivity index (χ2v) is 4.33. The van der Waals surface area contributed by atoms with Gasteiger partial charge in [-0.1, -0.05) is 12.6 Å². The van der Waals surface area contributed by atoms with E-state index < -0.39 is 0 Å². The van der Waals surface area contributed by atoms with Crippen molar-refractivity contribution in [1.29, 1.82) is 10.5 Å². The number of pyridine rings is 1. The highest BCUT2D eigenvalue weighted by Crippen LogP contribution is 2.32. The van der Waals surface area contributed by atoms with E-state index >= 15 is 0 Å². The Hall–Kier alpha value is -3.57. The molecule has 24 heavy (non-hydrogen) atoms. The minimum absolute atomic E-state index is 0.628. The SMILES string of the molecule is C=CC#N.COc1ccc(C(=CC#N)c2ccncc2)cc1OC. The molecule has 2 rings (SSSR count). The van der Waals surface area contributed by atoms with Gasteiger partial charge in [0.05, 0.1) is 26.4 Å². The van der Waals surface area contributed by atoms with Crippen LogP contribution in [0.3, 0.4) is 0 Å². The zero-order chi connectivity index (χ0) is 17.8. The molecule has 0 aliphatic heterocycles. The van der Waals surface area contributed by atoms with E-state index in [-0.39, 0.29) is 0 Å². The molecule has 0 bridgehead atoms. The lowest BCUT2D eigenvalue weighted by molar-refractivity contribution is 0.355. The quantitative estimate of drug-likeness (QED) is 0.802. The highest BCUT2D eigenvalue weighted by molar-refractivity contribution is 5.82. The zero-order valence-electron chi connectivity index (χ0n) is 13.6. The smallest absolute Gasteiger partial charge is 0.161 e. The number of benzene rings is 1. The summed E-state index contributed by atoms with van der Waals surface area (Å²) in [5.41, 5.74) is 2.63. The van der Waals surface area contributed by atoms with Crippen LogP contribution in [-0.2, 0) is 0 Å². The van der Waals surface area contributed by atoms with Crippen LogP contribution >= 0.6 is 0 Å². The molecule has 0 saturated carbocycles. The van der Waals surface area contributed by atoms with Crippen molar-refractivity contribution in [2.24, 2.45) is 0 Å². The van der Waals surface area contributed by atoms with Crippen molar-refractivity contribution in [3.63, 3.8) is 0 Å². The van der Waals surface area contributed by atoms with E-state index in [2.05, 4.69) is 17.6 Å². The standard InChI is InChI=1S/C16H14N2O2.C3H3N/c1-19-15-4-3-13(11-16(15)20-2)14(5-8-17)12-6-9-18-10-7-12;1-2-3-4/h3-7,9-11H,1-2H3;2H,1H2. The number of hydrogen-bond donors (Lipinski definition) is 0. The third-order valence-electron chi connectivity index (χ3n) is 2.99. The van der Waals surface area contributed by atoms with Crippen molar-refractivity contribution >= 4 is 5.57 Å². The van der Waals surface area contributed by atoms with Gasteiger partial charge in [0.15, 0.2) is 11.5 Å². The maximum atomic E-state index is 8.99. The fraction of sp³-hybridized carbons (Fsp3) is 0.105. The Balaban J connectivity index is 0.000000648. The average Bonchev–Trinajstić information content (AvgIpc) is 2.66. The molecule has 5 heteroatoms. The summed E-state index contributed by atoms with van der Waals surface area (Å²) in [5, 5.41) is 16.5. The van der Waals surface area contributed by atoms with Gasteiger partial charge >= 0.3 is 0 Å². The van der Waals surface area contributed by atoms with Crippen LogP contribution in [0.5, 0.6) is 11.5 Å². The number of rotatable bonds is 4. The molecule has 2 aromatic rings. The van der Waals surface area contributed by atoms with E-state index in [0.717, 1.165) is 16.7 Å². The molecular weight excluding hydrogens is 302 g/mol. The maximum absolute atomic E-state index is 8.99. The number of ether oxygens (including phenoxy) is 2. The van der Waals surface area contributed by atoms with E-state index in [0.29, 0.717) is 11.5 Å². The summed E-state index contributed by atoms with van der Waals surface area (Å²) < 4.78 is 10.5. The summed E-state index contributed by atoms with van der Waals surface area (Å²) in [6, 6.07) is 13.1. The van der Waals surface area contributed by atoms with Crippen molar-refractivity contribution in [2.75, 3.05) is 14.2 Å². The van der Waals surface area contributed by atoms with Gasteiger partial charge in [0.1, 0.15) is 0 Å². The molecular formula is C19H17N3O2. The minimum Gasteiger partial charge on any atom is -0.493 e. The van der Waals surface area contributed by atoms with E-state index in [4.69, 9.17) is 20.0 Å². The minimum atomic E-state index is 0.628. The van der Waals surface area contributed by atoms with E-state index in [9.17, 15) is 0 Å². The molecule has 5 nitrogen and oxygen atoms in total. The normalized spacial score (nSPS) is 9.58. The predicted octanol–water partition coefficient (Wildman–Crippen LogP) is 3.75. The van der Waals surface area contributed by atoms with Crippen LogP contribution in [0.1, 0.15) is 11.1 Å². The number of aromatic nitrogens is 1. The molecule has 0 radical (unpaired) electrons. The van der Waals surface area contributed by atoms with Crippen molar-refractivity contribution in [3.8, 4) is 23.6 Å². The summed E-state index contributed by atoms with van der Waals surface area (Å²) in [6.45, 7) is 3.12. The van der Waals surface area contributed by atoms with Gasteiger partial charge in [0, 0.05) is 24.5 Å². The lowest BCUT2D eigenvalue weighted by Crippen LogP contribution is -1.94. The zero-order valence-corrected chi connectivity index (χ0v) is 13.6. The van der Waals surface area contributed by atoms with Crippen LogP contribution in [0.2, 0.25) is 0 Å². The van der Waals surface area contributed by atoms with Gasteiger partial charge in [-0.15, -0.1) is 0 Å². The third-order valence-corrected chi connectivity index (χ3v) is 2.99. The summed E-state index contributed by atoms with van der Waals surface area (Å²) in [5.74, 6) is 1.28. The molecule has 0 aliphatic rings. The molecule has 0 unspecified atom stereocenters. The molecule has 1 aromatic heterocycles. The van der Waals surface area contributed by atoms with Gasteiger partial charge in [-0.3, -0.25) is 4.98 Å². The number of nitrogens with zero attached hydrogens (tertiary/aromatic N) is 3. The van der Waals surface area contributed by atoms with E-state index in [1.165, 1.54) is 12.2 Å². The van der Waals surface area contributed by atoms with Gasteiger partial charge in [-0.05, 0) is 41.0 Å².